The van der Waals surface area contributed by atoms with Crippen molar-refractivity contribution in [3.8, 4) is 5.75 Å². The Morgan fingerprint density at radius 3 is 2.39 bits per heavy atom. The van der Waals surface area contributed by atoms with Crippen molar-refractivity contribution in [2.75, 3.05) is 6.54 Å². The van der Waals surface area contributed by atoms with Gasteiger partial charge in [0, 0.05) is 6.54 Å². The van der Waals surface area contributed by atoms with Crippen molar-refractivity contribution in [2.24, 2.45) is 0 Å². The summed E-state index contributed by atoms with van der Waals surface area (Å²) in [4.78, 5) is 12.2. The molecule has 0 atom stereocenters. The lowest BCUT2D eigenvalue weighted by Crippen LogP contribution is -2.41. The van der Waals surface area contributed by atoms with Gasteiger partial charge in [0.25, 0.3) is 0 Å². The van der Waals surface area contributed by atoms with E-state index in [0.717, 1.165) is 5.56 Å². The van der Waals surface area contributed by atoms with E-state index in [1.807, 2.05) is 58.0 Å². The average Bonchev–Trinajstić information content (AvgIpc) is 2.94. The zero-order valence-corrected chi connectivity index (χ0v) is 18.1. The van der Waals surface area contributed by atoms with E-state index in [0.29, 0.717) is 11.0 Å². The van der Waals surface area contributed by atoms with E-state index in [2.05, 4.69) is 5.32 Å². The van der Waals surface area contributed by atoms with Crippen LogP contribution in [0.3, 0.4) is 0 Å². The molecule has 2 N–H and O–H groups in total. The maximum absolute atomic E-state index is 13.8. The van der Waals surface area contributed by atoms with E-state index in [4.69, 9.17) is 14.0 Å². The van der Waals surface area contributed by atoms with E-state index < -0.39 is 36.0 Å². The van der Waals surface area contributed by atoms with Crippen molar-refractivity contribution >= 4 is 19.3 Å². The fraction of sp³-hybridized carbons (Fsp3) is 0.348. The SMILES string of the molecule is CC1(C)OB(C(=Cc2ccc(O)c(F)c2)CNC(=O)OCc2ccccc2)OC1(C)C. The molecule has 0 saturated carbocycles. The molecule has 1 aliphatic heterocycles. The molecular weight excluding hydrogens is 400 g/mol. The van der Waals surface area contributed by atoms with Gasteiger partial charge >= 0.3 is 13.2 Å². The fourth-order valence-corrected chi connectivity index (χ4v) is 2.97. The van der Waals surface area contributed by atoms with Crippen molar-refractivity contribution in [1.82, 2.24) is 5.32 Å². The highest BCUT2D eigenvalue weighted by Crippen LogP contribution is 2.38. The van der Waals surface area contributed by atoms with Gasteiger partial charge in [0.2, 0.25) is 0 Å². The van der Waals surface area contributed by atoms with Crippen molar-refractivity contribution in [3.05, 3.63) is 70.9 Å². The molecule has 0 aromatic heterocycles. The van der Waals surface area contributed by atoms with Crippen molar-refractivity contribution in [1.29, 1.82) is 0 Å². The second-order valence-electron chi connectivity index (χ2n) is 8.43. The molecule has 164 valence electrons. The third-order valence-corrected chi connectivity index (χ3v) is 5.53. The van der Waals surface area contributed by atoms with Crippen LogP contribution in [0.4, 0.5) is 9.18 Å². The molecule has 2 aromatic rings. The molecule has 8 heteroatoms. The Kier molecular flexibility index (Phi) is 6.72. The summed E-state index contributed by atoms with van der Waals surface area (Å²) in [7, 11) is -0.740. The third kappa shape index (κ3) is 5.65. The molecule has 6 nitrogen and oxygen atoms in total. The minimum absolute atomic E-state index is 0.0763. The summed E-state index contributed by atoms with van der Waals surface area (Å²) in [5.74, 6) is -1.17. The summed E-state index contributed by atoms with van der Waals surface area (Å²) in [6, 6.07) is 13.4. The smallest absolute Gasteiger partial charge is 0.492 e. The molecule has 1 saturated heterocycles. The molecule has 3 rings (SSSR count). The van der Waals surface area contributed by atoms with Crippen LogP contribution in [-0.4, -0.2) is 36.1 Å². The summed E-state index contributed by atoms with van der Waals surface area (Å²) >= 11 is 0. The topological polar surface area (TPSA) is 77.0 Å². The van der Waals surface area contributed by atoms with Crippen LogP contribution < -0.4 is 5.32 Å². The Hall–Kier alpha value is -2.84. The number of aromatic hydroxyl groups is 1. The van der Waals surface area contributed by atoms with Gasteiger partial charge in [-0.15, -0.1) is 0 Å². The Morgan fingerprint density at radius 1 is 1.13 bits per heavy atom. The maximum Gasteiger partial charge on any atom is 0.492 e. The minimum Gasteiger partial charge on any atom is -0.505 e. The number of hydrogen-bond acceptors (Lipinski definition) is 5. The maximum atomic E-state index is 13.8. The lowest BCUT2D eigenvalue weighted by molar-refractivity contribution is 0.00578. The number of phenols is 1. The number of amides is 1. The van der Waals surface area contributed by atoms with Gasteiger partial charge in [-0.05, 0) is 56.4 Å². The molecule has 1 heterocycles. The van der Waals surface area contributed by atoms with E-state index in [-0.39, 0.29) is 13.2 Å². The van der Waals surface area contributed by atoms with Gasteiger partial charge in [-0.1, -0.05) is 42.5 Å². The Bertz CT molecular complexity index is 946. The summed E-state index contributed by atoms with van der Waals surface area (Å²) in [6.45, 7) is 7.91. The predicted molar refractivity (Wildman–Crippen MR) is 117 cm³/mol. The first-order valence-corrected chi connectivity index (χ1v) is 10.1. The molecule has 1 amide bonds. The van der Waals surface area contributed by atoms with Gasteiger partial charge in [0.05, 0.1) is 11.2 Å². The largest absolute Gasteiger partial charge is 0.505 e. The van der Waals surface area contributed by atoms with Gasteiger partial charge < -0.3 is 24.5 Å². The minimum atomic E-state index is -0.740. The summed E-state index contributed by atoms with van der Waals surface area (Å²) in [5.41, 5.74) is 0.800. The molecule has 0 spiro atoms. The number of ether oxygens (including phenoxy) is 1. The Balaban J connectivity index is 1.73. The number of nitrogens with one attached hydrogen (secondary N) is 1. The number of hydrogen-bond donors (Lipinski definition) is 2. The quantitative estimate of drug-likeness (QED) is 0.666. The molecular formula is C23H27BFNO5. The summed E-state index contributed by atoms with van der Waals surface area (Å²) in [5, 5.41) is 12.1. The van der Waals surface area contributed by atoms with Crippen LogP contribution in [-0.2, 0) is 20.7 Å². The molecule has 0 unspecified atom stereocenters. The van der Waals surface area contributed by atoms with Crippen LogP contribution in [0.1, 0.15) is 38.8 Å². The summed E-state index contributed by atoms with van der Waals surface area (Å²) < 4.78 is 31.2. The zero-order valence-electron chi connectivity index (χ0n) is 18.1. The molecule has 0 radical (unpaired) electrons. The molecule has 31 heavy (non-hydrogen) atoms. The van der Waals surface area contributed by atoms with Crippen molar-refractivity contribution in [2.45, 2.75) is 45.5 Å². The highest BCUT2D eigenvalue weighted by Gasteiger charge is 2.52. The standard InChI is InChI=1S/C23H27BFNO5/c1-22(2)23(3,4)31-24(30-22)18(12-17-10-11-20(27)19(25)13-17)14-26-21(28)29-15-16-8-6-5-7-9-16/h5-13,27H,14-15H2,1-4H3,(H,26,28). The Morgan fingerprint density at radius 2 is 1.77 bits per heavy atom. The Labute approximate surface area is 182 Å². The van der Waals surface area contributed by atoms with Crippen molar-refractivity contribution in [3.63, 3.8) is 0 Å². The highest BCUT2D eigenvalue weighted by molar-refractivity contribution is 6.56. The third-order valence-electron chi connectivity index (χ3n) is 5.53. The van der Waals surface area contributed by atoms with E-state index in [9.17, 15) is 14.3 Å². The van der Waals surface area contributed by atoms with Crippen LogP contribution in [0.2, 0.25) is 0 Å². The zero-order chi connectivity index (χ0) is 22.6. The highest BCUT2D eigenvalue weighted by atomic mass is 19.1. The normalized spacial score (nSPS) is 17.5. The molecule has 1 aliphatic rings. The van der Waals surface area contributed by atoms with Gasteiger partial charge in [-0.25, -0.2) is 9.18 Å². The first-order chi connectivity index (χ1) is 14.6. The van der Waals surface area contributed by atoms with Gasteiger partial charge in [0.1, 0.15) is 6.61 Å². The van der Waals surface area contributed by atoms with Crippen molar-refractivity contribution < 1.29 is 28.3 Å². The van der Waals surface area contributed by atoms with Crippen LogP contribution >= 0.6 is 0 Å². The lowest BCUT2D eigenvalue weighted by Gasteiger charge is -2.32. The predicted octanol–water partition coefficient (Wildman–Crippen LogP) is 4.47. The van der Waals surface area contributed by atoms with E-state index in [1.165, 1.54) is 12.1 Å². The molecule has 0 aliphatic carbocycles. The van der Waals surface area contributed by atoms with Gasteiger partial charge in [-0.3, -0.25) is 0 Å². The monoisotopic (exact) mass is 427 g/mol. The van der Waals surface area contributed by atoms with Crippen LogP contribution in [0.15, 0.2) is 54.0 Å². The van der Waals surface area contributed by atoms with Crippen LogP contribution in [0.5, 0.6) is 5.75 Å². The number of carbonyl (C=O) groups is 1. The van der Waals surface area contributed by atoms with E-state index >= 15 is 0 Å². The lowest BCUT2D eigenvalue weighted by atomic mass is 9.77. The second-order valence-corrected chi connectivity index (χ2v) is 8.43. The fourth-order valence-electron chi connectivity index (χ4n) is 2.97. The number of halogens is 1. The van der Waals surface area contributed by atoms with Crippen LogP contribution in [0.25, 0.3) is 6.08 Å². The molecule has 1 fully saturated rings. The number of carbonyl (C=O) groups excluding carboxylic acids is 1. The van der Waals surface area contributed by atoms with Gasteiger partial charge in [0.15, 0.2) is 11.6 Å². The van der Waals surface area contributed by atoms with E-state index in [1.54, 1.807) is 12.1 Å². The van der Waals surface area contributed by atoms with Crippen LogP contribution in [0, 0.1) is 5.82 Å². The number of benzene rings is 2. The summed E-state index contributed by atoms with van der Waals surface area (Å²) in [6.07, 6.45) is 1.07. The molecule has 0 bridgehead atoms. The number of alkyl carbamates (subject to hydrolysis) is 1. The first-order valence-electron chi connectivity index (χ1n) is 10.1. The number of rotatable bonds is 6. The van der Waals surface area contributed by atoms with Gasteiger partial charge in [-0.2, -0.15) is 0 Å². The first kappa shape index (κ1) is 22.8. The molecule has 2 aromatic carbocycles. The average molecular weight is 427 g/mol. The second kappa shape index (κ2) is 9.12. The number of phenolic OH excluding ortho intramolecular Hbond substituents is 1.